The molecule has 0 radical (unpaired) electrons. The molecule has 0 aliphatic heterocycles. The summed E-state index contributed by atoms with van der Waals surface area (Å²) in [6, 6.07) is 0. The zero-order valence-electron chi connectivity index (χ0n) is 46.3. The number of phosphoric ester groups is 1. The molecule has 0 amide bonds. The third kappa shape index (κ3) is 55.7. The van der Waals surface area contributed by atoms with Crippen molar-refractivity contribution >= 4 is 19.8 Å². The Morgan fingerprint density at radius 3 is 1.11 bits per heavy atom. The maximum Gasteiger partial charge on any atom is 0.306 e. The highest BCUT2D eigenvalue weighted by molar-refractivity contribution is 7.45. The van der Waals surface area contributed by atoms with Crippen molar-refractivity contribution in [2.45, 2.75) is 213 Å². The quantitative estimate of drug-likeness (QED) is 0.0195. The molecule has 0 rings (SSSR count). The molecule has 9 nitrogen and oxygen atoms in total. The SMILES string of the molecule is CC/C=C\C/C=C\C/C=C\C/C=C\C/C=C\C/C=C\CCCCCCC(=O)OC(COC(=O)CCCCCCCCCCCCCC/C=C\C/C=C\C/C=C\C/C=C\CC)COP(=O)([O-])OCC[N+](C)(C)C. The maximum atomic E-state index is 12.8. The van der Waals surface area contributed by atoms with E-state index in [1.165, 1.54) is 57.8 Å². The van der Waals surface area contributed by atoms with Gasteiger partial charge in [0.2, 0.25) is 0 Å². The molecule has 0 fully saturated rings. The Kier molecular flexibility index (Phi) is 49.7. The van der Waals surface area contributed by atoms with E-state index in [1.807, 2.05) is 21.1 Å². The summed E-state index contributed by atoms with van der Waals surface area (Å²) in [6.45, 7) is 3.97. The molecule has 0 spiro atoms. The lowest BCUT2D eigenvalue weighted by molar-refractivity contribution is -0.870. The van der Waals surface area contributed by atoms with Crippen LogP contribution in [0.4, 0.5) is 0 Å². The standard InChI is InChI=1S/C62H104NO8P/c1-6-8-10-12-14-16-18-20-22-24-26-28-30-31-33-34-36-38-40-42-44-46-48-50-52-54-61(64)68-58-60(59-70-72(66,67)69-57-56-63(3,4)5)71-62(65)55-53-51-49-47-45-43-41-39-37-35-32-29-27-25-23-21-19-17-15-13-11-9-7-2/h8-11,14-17,20-23,26-29,35,37,41,43,60H,6-7,12-13,18-19,24-25,30-34,36,38-40,42,44-59H2,1-5H3/b10-8-,11-9-,16-14-,17-15-,22-20-,23-21-,28-26-,29-27-,37-35-,43-41-. The minimum Gasteiger partial charge on any atom is -0.756 e. The molecule has 0 saturated carbocycles. The number of quaternary nitrogens is 1. The third-order valence-corrected chi connectivity index (χ3v) is 12.4. The third-order valence-electron chi connectivity index (χ3n) is 11.5. The number of allylic oxidation sites excluding steroid dienone is 20. The van der Waals surface area contributed by atoms with Crippen molar-refractivity contribution in [3.8, 4) is 0 Å². The van der Waals surface area contributed by atoms with Gasteiger partial charge in [0.1, 0.15) is 19.8 Å². The number of nitrogens with zero attached hydrogens (tertiary/aromatic N) is 1. The molecule has 0 saturated heterocycles. The topological polar surface area (TPSA) is 111 Å². The smallest absolute Gasteiger partial charge is 0.306 e. The van der Waals surface area contributed by atoms with Gasteiger partial charge < -0.3 is 27.9 Å². The first kappa shape index (κ1) is 68.4. The number of rotatable bonds is 50. The van der Waals surface area contributed by atoms with Crippen molar-refractivity contribution in [3.63, 3.8) is 0 Å². The Morgan fingerprint density at radius 2 is 0.750 bits per heavy atom. The van der Waals surface area contributed by atoms with E-state index >= 15 is 0 Å². The fraction of sp³-hybridized carbons (Fsp3) is 0.645. The van der Waals surface area contributed by atoms with Crippen LogP contribution in [0.15, 0.2) is 122 Å². The highest BCUT2D eigenvalue weighted by Gasteiger charge is 2.21. The van der Waals surface area contributed by atoms with Crippen molar-refractivity contribution in [2.24, 2.45) is 0 Å². The number of hydrogen-bond donors (Lipinski definition) is 0. The van der Waals surface area contributed by atoms with E-state index in [1.54, 1.807) is 0 Å². The Bertz CT molecular complexity index is 1630. The minimum absolute atomic E-state index is 0.0432. The van der Waals surface area contributed by atoms with Crippen LogP contribution in [0, 0.1) is 0 Å². The minimum atomic E-state index is -4.65. The van der Waals surface area contributed by atoms with E-state index in [0.29, 0.717) is 17.4 Å². The van der Waals surface area contributed by atoms with E-state index < -0.39 is 32.5 Å². The predicted octanol–water partition coefficient (Wildman–Crippen LogP) is 17.0. The van der Waals surface area contributed by atoms with E-state index in [2.05, 4.69) is 135 Å². The average molecular weight is 1020 g/mol. The second-order valence-electron chi connectivity index (χ2n) is 19.5. The fourth-order valence-corrected chi connectivity index (χ4v) is 7.91. The lowest BCUT2D eigenvalue weighted by Gasteiger charge is -2.28. The van der Waals surface area contributed by atoms with Gasteiger partial charge in [0, 0.05) is 12.8 Å². The van der Waals surface area contributed by atoms with Gasteiger partial charge in [0.05, 0.1) is 27.7 Å². The molecule has 0 aromatic rings. The zero-order valence-corrected chi connectivity index (χ0v) is 47.2. The summed E-state index contributed by atoms with van der Waals surface area (Å²) in [4.78, 5) is 37.9. The van der Waals surface area contributed by atoms with Crippen LogP contribution in [0.2, 0.25) is 0 Å². The van der Waals surface area contributed by atoms with Crippen LogP contribution in [-0.2, 0) is 32.7 Å². The summed E-state index contributed by atoms with van der Waals surface area (Å²) in [5.74, 6) is -0.873. The number of likely N-dealkylation sites (N-methyl/N-ethyl adjacent to an activating group) is 1. The fourth-order valence-electron chi connectivity index (χ4n) is 7.18. The molecule has 0 aliphatic carbocycles. The normalized spacial score (nSPS) is 14.2. The van der Waals surface area contributed by atoms with Gasteiger partial charge in [0.25, 0.3) is 7.82 Å². The first-order chi connectivity index (χ1) is 35.0. The van der Waals surface area contributed by atoms with Crippen LogP contribution in [0.5, 0.6) is 0 Å². The zero-order chi connectivity index (χ0) is 52.7. The number of carbonyl (C=O) groups excluding carboxylic acids is 2. The van der Waals surface area contributed by atoms with Crippen molar-refractivity contribution < 1.29 is 42.1 Å². The highest BCUT2D eigenvalue weighted by Crippen LogP contribution is 2.38. The molecule has 0 aromatic heterocycles. The molecule has 2 unspecified atom stereocenters. The summed E-state index contributed by atoms with van der Waals surface area (Å²) in [6.07, 6.45) is 73.8. The first-order valence-corrected chi connectivity index (χ1v) is 29.7. The molecule has 2 atom stereocenters. The molecule has 0 N–H and O–H groups in total. The van der Waals surface area contributed by atoms with Gasteiger partial charge in [-0.25, -0.2) is 0 Å². The first-order valence-electron chi connectivity index (χ1n) is 28.2. The van der Waals surface area contributed by atoms with Gasteiger partial charge >= 0.3 is 11.9 Å². The van der Waals surface area contributed by atoms with Crippen LogP contribution in [0.25, 0.3) is 0 Å². The summed E-state index contributed by atoms with van der Waals surface area (Å²) in [7, 11) is 1.13. The Morgan fingerprint density at radius 1 is 0.431 bits per heavy atom. The number of unbranched alkanes of at least 4 members (excludes halogenated alkanes) is 16. The lowest BCUT2D eigenvalue weighted by Crippen LogP contribution is -2.37. The molecule has 0 heterocycles. The average Bonchev–Trinajstić information content (AvgIpc) is 3.34. The van der Waals surface area contributed by atoms with Crippen molar-refractivity contribution in [2.75, 3.05) is 47.5 Å². The Balaban J connectivity index is 4.26. The summed E-state index contributed by atoms with van der Waals surface area (Å²) in [5.41, 5.74) is 0. The Hall–Kier alpha value is -3.59. The van der Waals surface area contributed by atoms with Crippen molar-refractivity contribution in [3.05, 3.63) is 122 Å². The number of hydrogen-bond acceptors (Lipinski definition) is 8. The van der Waals surface area contributed by atoms with Gasteiger partial charge in [-0.2, -0.15) is 0 Å². The van der Waals surface area contributed by atoms with Gasteiger partial charge in [-0.15, -0.1) is 0 Å². The van der Waals surface area contributed by atoms with Crippen LogP contribution in [0.1, 0.15) is 206 Å². The monoisotopic (exact) mass is 1020 g/mol. The van der Waals surface area contributed by atoms with Crippen molar-refractivity contribution in [1.29, 1.82) is 0 Å². The molecular weight excluding hydrogens is 918 g/mol. The molecule has 0 aliphatic rings. The molecular formula is C62H104NO8P. The van der Waals surface area contributed by atoms with Crippen LogP contribution in [0.3, 0.4) is 0 Å². The molecule has 72 heavy (non-hydrogen) atoms. The van der Waals surface area contributed by atoms with Crippen LogP contribution >= 0.6 is 7.82 Å². The van der Waals surface area contributed by atoms with E-state index in [0.717, 1.165) is 116 Å². The number of ether oxygens (including phenoxy) is 2. The number of phosphoric acid groups is 1. The van der Waals surface area contributed by atoms with Gasteiger partial charge in [-0.3, -0.25) is 14.2 Å². The second kappa shape index (κ2) is 52.3. The van der Waals surface area contributed by atoms with E-state index in [-0.39, 0.29) is 26.1 Å². The largest absolute Gasteiger partial charge is 0.756 e. The molecule has 10 heteroatoms. The van der Waals surface area contributed by atoms with E-state index in [4.69, 9.17) is 18.5 Å². The second-order valence-corrected chi connectivity index (χ2v) is 20.9. The van der Waals surface area contributed by atoms with Crippen LogP contribution in [-0.4, -0.2) is 70.0 Å². The summed E-state index contributed by atoms with van der Waals surface area (Å²) in [5, 5.41) is 0. The molecule has 0 bridgehead atoms. The number of carbonyl (C=O) groups is 2. The lowest BCUT2D eigenvalue weighted by atomic mass is 10.0. The molecule has 410 valence electrons. The van der Waals surface area contributed by atoms with Crippen molar-refractivity contribution in [1.82, 2.24) is 0 Å². The highest BCUT2D eigenvalue weighted by atomic mass is 31.2. The molecule has 0 aromatic carbocycles. The van der Waals surface area contributed by atoms with Crippen LogP contribution < -0.4 is 4.89 Å². The summed E-state index contributed by atoms with van der Waals surface area (Å²) >= 11 is 0. The predicted molar refractivity (Wildman–Crippen MR) is 305 cm³/mol. The van der Waals surface area contributed by atoms with Gasteiger partial charge in [-0.1, -0.05) is 212 Å². The summed E-state index contributed by atoms with van der Waals surface area (Å²) < 4.78 is 34.1. The number of esters is 2. The maximum absolute atomic E-state index is 12.8. The van der Waals surface area contributed by atoms with Gasteiger partial charge in [-0.05, 0) is 103 Å². The Labute approximate surface area is 441 Å². The van der Waals surface area contributed by atoms with Gasteiger partial charge in [0.15, 0.2) is 6.10 Å². The van der Waals surface area contributed by atoms with E-state index in [9.17, 15) is 19.0 Å².